The molecular weight excluding hydrogens is 266 g/mol. The Kier molecular flexibility index (Phi) is 15.0. The zero-order chi connectivity index (χ0) is 15.8. The van der Waals surface area contributed by atoms with Crippen LogP contribution < -0.4 is 11.3 Å². The molecule has 21 heavy (non-hydrogen) atoms. The molecule has 0 aliphatic rings. The summed E-state index contributed by atoms with van der Waals surface area (Å²) in [6.45, 7) is 2.04. The van der Waals surface area contributed by atoms with Gasteiger partial charge in [-0.25, -0.2) is 0 Å². The lowest BCUT2D eigenvalue weighted by Gasteiger charge is -2.14. The molecule has 0 aromatic rings. The molecule has 4 N–H and O–H groups in total. The molecule has 0 aromatic carbocycles. The number of rotatable bonds is 15. The molecule has 2 atom stereocenters. The molecule has 0 saturated carbocycles. The van der Waals surface area contributed by atoms with E-state index in [1.165, 1.54) is 51.4 Å². The molecule has 0 aromatic heterocycles. The second-order valence-electron chi connectivity index (χ2n) is 5.60. The van der Waals surface area contributed by atoms with Crippen molar-refractivity contribution in [2.24, 2.45) is 11.0 Å². The van der Waals surface area contributed by atoms with E-state index in [2.05, 4.69) is 17.5 Å². The van der Waals surface area contributed by atoms with Gasteiger partial charge in [0.25, 0.3) is 0 Å². The van der Waals surface area contributed by atoms with Crippen LogP contribution in [0.15, 0.2) is 17.3 Å². The van der Waals surface area contributed by atoms with E-state index in [1.54, 1.807) is 6.08 Å². The summed E-state index contributed by atoms with van der Waals surface area (Å²) in [7, 11) is 0. The molecule has 124 valence electrons. The van der Waals surface area contributed by atoms with E-state index in [1.807, 2.05) is 6.08 Å². The highest BCUT2D eigenvalue weighted by atomic mass is 16.3. The first-order chi connectivity index (χ1) is 10.3. The molecule has 2 unspecified atom stereocenters. The lowest BCUT2D eigenvalue weighted by molar-refractivity contribution is 0.234. The Morgan fingerprint density at radius 3 is 2.14 bits per heavy atom. The first-order valence-electron chi connectivity index (χ1n) is 8.36. The standard InChI is InChI=1S/C16H33N3O2/c1-2-3-4-5-6-7-8-9-10-11-12-13-15(19-21)16(14-20)18-17/h12-13,15-16,18,20H,2-11,14,17H2,1H3/b13-12+. The fourth-order valence-corrected chi connectivity index (χ4v) is 2.31. The van der Waals surface area contributed by atoms with E-state index >= 15 is 0 Å². The first-order valence-corrected chi connectivity index (χ1v) is 8.36. The summed E-state index contributed by atoms with van der Waals surface area (Å²) in [5.74, 6) is 5.25. The van der Waals surface area contributed by atoms with Gasteiger partial charge in [-0.1, -0.05) is 75.6 Å². The second kappa shape index (κ2) is 15.6. The normalized spacial score (nSPS) is 14.4. The molecule has 0 amide bonds. The van der Waals surface area contributed by atoms with Crippen molar-refractivity contribution in [1.29, 1.82) is 0 Å². The van der Waals surface area contributed by atoms with Gasteiger partial charge in [-0.3, -0.25) is 11.3 Å². The molecule has 5 heteroatoms. The number of nitrogens with one attached hydrogen (secondary N) is 1. The van der Waals surface area contributed by atoms with E-state index in [4.69, 9.17) is 10.9 Å². The third kappa shape index (κ3) is 11.5. The minimum Gasteiger partial charge on any atom is -0.395 e. The van der Waals surface area contributed by atoms with Crippen LogP contribution >= 0.6 is 0 Å². The molecule has 0 fully saturated rings. The van der Waals surface area contributed by atoms with E-state index in [0.29, 0.717) is 0 Å². The van der Waals surface area contributed by atoms with Crippen LogP contribution in [0.5, 0.6) is 0 Å². The maximum atomic E-state index is 10.7. The van der Waals surface area contributed by atoms with Crippen molar-refractivity contribution < 1.29 is 5.11 Å². The van der Waals surface area contributed by atoms with E-state index in [9.17, 15) is 4.91 Å². The maximum absolute atomic E-state index is 10.7. The fourth-order valence-electron chi connectivity index (χ4n) is 2.31. The number of allylic oxidation sites excluding steroid dienone is 1. The summed E-state index contributed by atoms with van der Waals surface area (Å²) in [5, 5.41) is 12.0. The fraction of sp³-hybridized carbons (Fsp3) is 0.875. The topological polar surface area (TPSA) is 87.7 Å². The number of nitrogens with two attached hydrogens (primary N) is 1. The lowest BCUT2D eigenvalue weighted by atomic mass is 10.1. The largest absolute Gasteiger partial charge is 0.395 e. The summed E-state index contributed by atoms with van der Waals surface area (Å²) in [6, 6.07) is -1.10. The maximum Gasteiger partial charge on any atom is 0.129 e. The van der Waals surface area contributed by atoms with Crippen LogP contribution in [0.2, 0.25) is 0 Å². The van der Waals surface area contributed by atoms with Gasteiger partial charge in [0.15, 0.2) is 0 Å². The molecule has 0 bridgehead atoms. The number of hydrogen-bond donors (Lipinski definition) is 3. The van der Waals surface area contributed by atoms with Gasteiger partial charge >= 0.3 is 0 Å². The zero-order valence-electron chi connectivity index (χ0n) is 13.5. The van der Waals surface area contributed by atoms with E-state index < -0.39 is 12.1 Å². The monoisotopic (exact) mass is 299 g/mol. The predicted octanol–water partition coefficient (Wildman–Crippen LogP) is 3.42. The molecule has 0 spiro atoms. The van der Waals surface area contributed by atoms with Crippen molar-refractivity contribution in [2.75, 3.05) is 6.61 Å². The average Bonchev–Trinajstić information content (AvgIpc) is 2.51. The Balaban J connectivity index is 3.52. The Morgan fingerprint density at radius 1 is 1.10 bits per heavy atom. The number of hydrazine groups is 1. The first kappa shape index (κ1) is 20.2. The van der Waals surface area contributed by atoms with Crippen molar-refractivity contribution >= 4 is 0 Å². The molecular formula is C16H33N3O2. The second-order valence-corrected chi connectivity index (χ2v) is 5.60. The SMILES string of the molecule is CCCCCCCCCCC/C=C/C(N=O)C(CO)NN. The van der Waals surface area contributed by atoms with Gasteiger partial charge in [0.1, 0.15) is 6.04 Å². The van der Waals surface area contributed by atoms with Crippen molar-refractivity contribution in [3.63, 3.8) is 0 Å². The van der Waals surface area contributed by atoms with Crippen molar-refractivity contribution in [2.45, 2.75) is 83.2 Å². The van der Waals surface area contributed by atoms with Gasteiger partial charge in [0.05, 0.1) is 12.6 Å². The number of aliphatic hydroxyl groups is 1. The van der Waals surface area contributed by atoms with Gasteiger partial charge in [0, 0.05) is 0 Å². The molecule has 5 nitrogen and oxygen atoms in total. The third-order valence-electron chi connectivity index (χ3n) is 3.75. The summed E-state index contributed by atoms with van der Waals surface area (Å²) in [5.41, 5.74) is 2.40. The quantitative estimate of drug-likeness (QED) is 0.142. The van der Waals surface area contributed by atoms with E-state index in [-0.39, 0.29) is 6.61 Å². The Morgan fingerprint density at radius 2 is 1.67 bits per heavy atom. The molecule has 0 aliphatic heterocycles. The minimum absolute atomic E-state index is 0.199. The molecule has 0 heterocycles. The molecule has 0 saturated heterocycles. The summed E-state index contributed by atoms with van der Waals surface area (Å²) in [4.78, 5) is 10.7. The number of hydrogen-bond acceptors (Lipinski definition) is 5. The van der Waals surface area contributed by atoms with Crippen LogP contribution in [0, 0.1) is 4.91 Å². The number of nitrogens with zero attached hydrogens (tertiary/aromatic N) is 1. The van der Waals surface area contributed by atoms with Crippen molar-refractivity contribution in [3.05, 3.63) is 17.1 Å². The highest BCUT2D eigenvalue weighted by Gasteiger charge is 2.16. The van der Waals surface area contributed by atoms with Gasteiger partial charge in [-0.2, -0.15) is 4.91 Å². The van der Waals surface area contributed by atoms with Crippen LogP contribution in [-0.2, 0) is 0 Å². The van der Waals surface area contributed by atoms with Crippen molar-refractivity contribution in [1.82, 2.24) is 5.43 Å². The molecule has 0 rings (SSSR count). The Labute approximate surface area is 129 Å². The third-order valence-corrected chi connectivity index (χ3v) is 3.75. The highest BCUT2D eigenvalue weighted by molar-refractivity contribution is 4.99. The number of nitroso groups, excluding NO2 is 1. The van der Waals surface area contributed by atoms with Gasteiger partial charge in [-0.05, 0) is 12.8 Å². The van der Waals surface area contributed by atoms with Crippen LogP contribution in [0.25, 0.3) is 0 Å². The smallest absolute Gasteiger partial charge is 0.129 e. The Bertz CT molecular complexity index is 256. The van der Waals surface area contributed by atoms with Crippen LogP contribution in [-0.4, -0.2) is 23.8 Å². The predicted molar refractivity (Wildman–Crippen MR) is 88.8 cm³/mol. The van der Waals surface area contributed by atoms with Crippen LogP contribution in [0.1, 0.15) is 71.1 Å². The lowest BCUT2D eigenvalue weighted by Crippen LogP contribution is -2.44. The highest BCUT2D eigenvalue weighted by Crippen LogP contribution is 2.11. The summed E-state index contributed by atoms with van der Waals surface area (Å²) in [6.07, 6.45) is 16.4. The number of aliphatic hydroxyl groups excluding tert-OH is 1. The van der Waals surface area contributed by atoms with Crippen molar-refractivity contribution in [3.8, 4) is 0 Å². The Hall–Kier alpha value is -0.780. The van der Waals surface area contributed by atoms with Crippen LogP contribution in [0.3, 0.4) is 0 Å². The summed E-state index contributed by atoms with van der Waals surface area (Å²) < 4.78 is 0. The van der Waals surface area contributed by atoms with E-state index in [0.717, 1.165) is 12.8 Å². The number of unbranched alkanes of at least 4 members (excludes halogenated alkanes) is 9. The minimum atomic E-state index is -0.599. The van der Waals surface area contributed by atoms with Gasteiger partial charge < -0.3 is 5.11 Å². The summed E-state index contributed by atoms with van der Waals surface area (Å²) >= 11 is 0. The van der Waals surface area contributed by atoms with Gasteiger partial charge in [-0.15, -0.1) is 0 Å². The molecule has 0 radical (unpaired) electrons. The molecule has 0 aliphatic carbocycles. The zero-order valence-corrected chi connectivity index (χ0v) is 13.5. The van der Waals surface area contributed by atoms with Crippen LogP contribution in [0.4, 0.5) is 0 Å². The average molecular weight is 299 g/mol. The van der Waals surface area contributed by atoms with Gasteiger partial charge in [0.2, 0.25) is 0 Å².